The van der Waals surface area contributed by atoms with Gasteiger partial charge in [0.1, 0.15) is 11.3 Å². The molecule has 1 N–H and O–H groups in total. The molecule has 0 bridgehead atoms. The lowest BCUT2D eigenvalue weighted by Gasteiger charge is -2.10. The van der Waals surface area contributed by atoms with Crippen LogP contribution in [0.4, 0.5) is 4.79 Å². The first kappa shape index (κ1) is 12.1. The van der Waals surface area contributed by atoms with Crippen LogP contribution in [0, 0.1) is 6.92 Å². The molecule has 1 aromatic carbocycles. The fourth-order valence-corrected chi connectivity index (χ4v) is 1.13. The molecule has 1 atom stereocenters. The molecule has 0 aliphatic rings. The summed E-state index contributed by atoms with van der Waals surface area (Å²) in [7, 11) is 0. The normalized spacial score (nSPS) is 11.9. The van der Waals surface area contributed by atoms with Crippen LogP contribution in [-0.4, -0.2) is 17.5 Å². The summed E-state index contributed by atoms with van der Waals surface area (Å²) in [6.45, 7) is 1.85. The fourth-order valence-electron chi connectivity index (χ4n) is 0.967. The largest absolute Gasteiger partial charge is 0.413 e. The Balaban J connectivity index is 2.55. The zero-order valence-electron chi connectivity index (χ0n) is 8.17. The Morgan fingerprint density at radius 3 is 2.80 bits per heavy atom. The van der Waals surface area contributed by atoms with E-state index in [1.807, 2.05) is 19.1 Å². The van der Waals surface area contributed by atoms with Gasteiger partial charge in [-0.2, -0.15) is 0 Å². The molecule has 1 amide bonds. The van der Waals surface area contributed by atoms with Gasteiger partial charge >= 0.3 is 6.09 Å². The average molecular weight is 248 g/mol. The van der Waals surface area contributed by atoms with Crippen molar-refractivity contribution in [3.63, 3.8) is 0 Å². The number of nitrogens with one attached hydrogen (secondary N) is 1. The predicted octanol–water partition coefficient (Wildman–Crippen LogP) is 2.89. The molecule has 1 rings (SSSR count). The molecule has 0 fully saturated rings. The number of hydrogen-bond acceptors (Lipinski definition) is 2. The summed E-state index contributed by atoms with van der Waals surface area (Å²) >= 11 is 11.1. The van der Waals surface area contributed by atoms with Gasteiger partial charge in [0.05, 0.1) is 5.88 Å². The van der Waals surface area contributed by atoms with Crippen LogP contribution in [0.3, 0.4) is 0 Å². The van der Waals surface area contributed by atoms with Crippen molar-refractivity contribution in [1.82, 2.24) is 5.32 Å². The lowest BCUT2D eigenvalue weighted by molar-refractivity contribution is 0.199. The number of halogens is 2. The highest BCUT2D eigenvalue weighted by molar-refractivity contribution is 6.28. The molecule has 82 valence electrons. The Kier molecular flexibility index (Phi) is 4.72. The van der Waals surface area contributed by atoms with Crippen molar-refractivity contribution in [1.29, 1.82) is 0 Å². The SMILES string of the molecule is Cc1ccccc1OC(=O)NC(Cl)CCl. The second kappa shape index (κ2) is 5.83. The van der Waals surface area contributed by atoms with Crippen molar-refractivity contribution < 1.29 is 9.53 Å². The molecule has 1 unspecified atom stereocenters. The van der Waals surface area contributed by atoms with Gasteiger partial charge in [-0.15, -0.1) is 11.6 Å². The van der Waals surface area contributed by atoms with Gasteiger partial charge in [0.15, 0.2) is 0 Å². The van der Waals surface area contributed by atoms with Crippen LogP contribution in [0.2, 0.25) is 0 Å². The highest BCUT2D eigenvalue weighted by Crippen LogP contribution is 2.16. The van der Waals surface area contributed by atoms with Crippen molar-refractivity contribution in [3.8, 4) is 5.75 Å². The molecule has 0 aliphatic heterocycles. The van der Waals surface area contributed by atoms with Crippen LogP contribution >= 0.6 is 23.2 Å². The van der Waals surface area contributed by atoms with Gasteiger partial charge < -0.3 is 10.1 Å². The molecule has 0 saturated carbocycles. The summed E-state index contributed by atoms with van der Waals surface area (Å²) < 4.78 is 5.02. The Bertz CT molecular complexity index is 344. The van der Waals surface area contributed by atoms with E-state index in [2.05, 4.69) is 5.32 Å². The number of hydrogen-bond donors (Lipinski definition) is 1. The molecule has 1 aromatic rings. The molecule has 0 saturated heterocycles. The molecule has 0 aromatic heterocycles. The van der Waals surface area contributed by atoms with Gasteiger partial charge in [-0.1, -0.05) is 29.8 Å². The molecule has 5 heteroatoms. The Morgan fingerprint density at radius 2 is 2.20 bits per heavy atom. The minimum atomic E-state index is -0.622. The van der Waals surface area contributed by atoms with E-state index in [1.165, 1.54) is 0 Å². The first-order valence-electron chi connectivity index (χ1n) is 4.37. The third kappa shape index (κ3) is 3.98. The molecule has 0 radical (unpaired) electrons. The quantitative estimate of drug-likeness (QED) is 0.659. The van der Waals surface area contributed by atoms with E-state index in [0.717, 1.165) is 5.56 Å². The monoisotopic (exact) mass is 247 g/mol. The second-order valence-corrected chi connectivity index (χ2v) is 3.76. The number of para-hydroxylation sites is 1. The average Bonchev–Trinajstić information content (AvgIpc) is 2.21. The topological polar surface area (TPSA) is 38.3 Å². The molecule has 0 aliphatic carbocycles. The van der Waals surface area contributed by atoms with Gasteiger partial charge in [-0.25, -0.2) is 4.79 Å². The lowest BCUT2D eigenvalue weighted by atomic mass is 10.2. The number of aryl methyl sites for hydroxylation is 1. The maximum Gasteiger partial charge on any atom is 0.413 e. The van der Waals surface area contributed by atoms with E-state index >= 15 is 0 Å². The van der Waals surface area contributed by atoms with Gasteiger partial charge in [0.25, 0.3) is 0 Å². The van der Waals surface area contributed by atoms with E-state index in [4.69, 9.17) is 27.9 Å². The van der Waals surface area contributed by atoms with Gasteiger partial charge in [-0.05, 0) is 18.6 Å². The summed E-state index contributed by atoms with van der Waals surface area (Å²) in [5.41, 5.74) is 0.257. The smallest absolute Gasteiger partial charge is 0.410 e. The van der Waals surface area contributed by atoms with Crippen molar-refractivity contribution >= 4 is 29.3 Å². The second-order valence-electron chi connectivity index (χ2n) is 2.92. The number of alkyl halides is 2. The molecule has 0 heterocycles. The van der Waals surface area contributed by atoms with Crippen molar-refractivity contribution in [2.45, 2.75) is 12.4 Å². The van der Waals surface area contributed by atoms with Crippen LogP contribution in [0.5, 0.6) is 5.75 Å². The molecular formula is C10H11Cl2NO2. The van der Waals surface area contributed by atoms with Crippen molar-refractivity contribution in [2.75, 3.05) is 5.88 Å². The predicted molar refractivity (Wildman–Crippen MR) is 60.7 cm³/mol. The van der Waals surface area contributed by atoms with Crippen molar-refractivity contribution in [3.05, 3.63) is 29.8 Å². The minimum Gasteiger partial charge on any atom is -0.410 e. The summed E-state index contributed by atoms with van der Waals surface area (Å²) in [6, 6.07) is 7.21. The molecule has 15 heavy (non-hydrogen) atoms. The van der Waals surface area contributed by atoms with E-state index in [1.54, 1.807) is 12.1 Å². The highest BCUT2D eigenvalue weighted by atomic mass is 35.5. The molecule has 0 spiro atoms. The van der Waals surface area contributed by atoms with Crippen LogP contribution < -0.4 is 10.1 Å². The van der Waals surface area contributed by atoms with E-state index in [-0.39, 0.29) is 5.88 Å². The van der Waals surface area contributed by atoms with Crippen LogP contribution in [0.25, 0.3) is 0 Å². The number of carbonyl (C=O) groups excluding carboxylic acids is 1. The maximum absolute atomic E-state index is 11.3. The fraction of sp³-hybridized carbons (Fsp3) is 0.300. The summed E-state index contributed by atoms with van der Waals surface area (Å²) in [5.74, 6) is 0.637. The summed E-state index contributed by atoms with van der Waals surface area (Å²) in [4.78, 5) is 11.3. The van der Waals surface area contributed by atoms with E-state index in [9.17, 15) is 4.79 Å². The Hall–Kier alpha value is -0.930. The lowest BCUT2D eigenvalue weighted by Crippen LogP contribution is -2.34. The van der Waals surface area contributed by atoms with Crippen LogP contribution in [-0.2, 0) is 0 Å². The standard InChI is InChI=1S/C10H11Cl2NO2/c1-7-4-2-3-5-8(7)15-10(14)13-9(12)6-11/h2-5,9H,6H2,1H3,(H,13,14). The van der Waals surface area contributed by atoms with Gasteiger partial charge in [0.2, 0.25) is 0 Å². The first-order valence-corrected chi connectivity index (χ1v) is 5.34. The van der Waals surface area contributed by atoms with E-state index < -0.39 is 11.6 Å². The third-order valence-corrected chi connectivity index (χ3v) is 2.44. The van der Waals surface area contributed by atoms with Crippen molar-refractivity contribution in [2.24, 2.45) is 0 Å². The van der Waals surface area contributed by atoms with Crippen LogP contribution in [0.1, 0.15) is 5.56 Å². The molecule has 3 nitrogen and oxygen atoms in total. The number of benzene rings is 1. The van der Waals surface area contributed by atoms with Crippen LogP contribution in [0.15, 0.2) is 24.3 Å². The third-order valence-electron chi connectivity index (χ3n) is 1.71. The number of amides is 1. The maximum atomic E-state index is 11.3. The number of rotatable bonds is 3. The minimum absolute atomic E-state index is 0.129. The highest BCUT2D eigenvalue weighted by Gasteiger charge is 2.10. The summed E-state index contributed by atoms with van der Waals surface area (Å²) in [6.07, 6.45) is -0.607. The first-order chi connectivity index (χ1) is 7.13. The zero-order chi connectivity index (χ0) is 11.3. The number of ether oxygens (including phenoxy) is 1. The molecular weight excluding hydrogens is 237 g/mol. The Morgan fingerprint density at radius 1 is 1.53 bits per heavy atom. The van der Waals surface area contributed by atoms with Gasteiger partial charge in [0, 0.05) is 0 Å². The van der Waals surface area contributed by atoms with Gasteiger partial charge in [-0.3, -0.25) is 0 Å². The summed E-state index contributed by atoms with van der Waals surface area (Å²) in [5, 5.41) is 2.38. The Labute approximate surface area is 98.3 Å². The zero-order valence-corrected chi connectivity index (χ0v) is 9.68. The van der Waals surface area contributed by atoms with E-state index in [0.29, 0.717) is 5.75 Å². The number of carbonyl (C=O) groups is 1.